The molecule has 114 valence electrons. The lowest BCUT2D eigenvalue weighted by Gasteiger charge is -2.14. The second-order valence-electron chi connectivity index (χ2n) is 5.12. The number of rotatable bonds is 5. The number of hydrogen-bond acceptors (Lipinski definition) is 2. The monoisotopic (exact) mass is 370 g/mol. The summed E-state index contributed by atoms with van der Waals surface area (Å²) in [4.78, 5) is 0. The molecule has 21 heavy (non-hydrogen) atoms. The summed E-state index contributed by atoms with van der Waals surface area (Å²) in [6, 6.07) is 5.74. The summed E-state index contributed by atoms with van der Waals surface area (Å²) in [6.07, 6.45) is 0.715. The molecule has 0 amide bonds. The molecule has 1 N–H and O–H groups in total. The van der Waals surface area contributed by atoms with Gasteiger partial charge >= 0.3 is 0 Å². The van der Waals surface area contributed by atoms with E-state index in [1.165, 1.54) is 0 Å². The van der Waals surface area contributed by atoms with Gasteiger partial charge < -0.3 is 5.11 Å². The highest BCUT2D eigenvalue weighted by atomic mass is 79.9. The van der Waals surface area contributed by atoms with Crippen LogP contribution in [0.2, 0.25) is 5.02 Å². The number of halogens is 2. The van der Waals surface area contributed by atoms with Crippen LogP contribution in [0.1, 0.15) is 42.5 Å². The van der Waals surface area contributed by atoms with Crippen molar-refractivity contribution in [1.82, 2.24) is 9.78 Å². The summed E-state index contributed by atoms with van der Waals surface area (Å²) < 4.78 is 2.93. The van der Waals surface area contributed by atoms with Gasteiger partial charge in [0.15, 0.2) is 0 Å². The summed E-state index contributed by atoms with van der Waals surface area (Å²) in [5, 5.41) is 15.7. The minimum Gasteiger partial charge on any atom is -0.388 e. The van der Waals surface area contributed by atoms with E-state index in [2.05, 4.69) is 28.0 Å². The molecule has 0 spiro atoms. The fourth-order valence-electron chi connectivity index (χ4n) is 2.41. The Balaban J connectivity index is 2.31. The van der Waals surface area contributed by atoms with Gasteiger partial charge in [-0.1, -0.05) is 30.7 Å². The number of aliphatic hydroxyl groups excluding tert-OH is 1. The summed E-state index contributed by atoms with van der Waals surface area (Å²) in [5.74, 6) is 0. The second-order valence-corrected chi connectivity index (χ2v) is 6.32. The zero-order valence-electron chi connectivity index (χ0n) is 12.5. The van der Waals surface area contributed by atoms with Gasteiger partial charge in [0.2, 0.25) is 0 Å². The zero-order chi connectivity index (χ0) is 15.6. The average Bonchev–Trinajstić information content (AvgIpc) is 2.75. The average molecular weight is 372 g/mol. The number of aryl methyl sites for hydroxylation is 3. The molecule has 1 heterocycles. The fourth-order valence-corrected chi connectivity index (χ4v) is 3.50. The van der Waals surface area contributed by atoms with E-state index in [1.54, 1.807) is 0 Å². The van der Waals surface area contributed by atoms with Crippen molar-refractivity contribution >= 4 is 27.5 Å². The lowest BCUT2D eigenvalue weighted by atomic mass is 10.0. The Morgan fingerprint density at radius 1 is 1.38 bits per heavy atom. The summed E-state index contributed by atoms with van der Waals surface area (Å²) >= 11 is 9.85. The van der Waals surface area contributed by atoms with Gasteiger partial charge in [-0.05, 0) is 53.4 Å². The fraction of sp³-hybridized carbons (Fsp3) is 0.438. The first kappa shape index (κ1) is 16.5. The van der Waals surface area contributed by atoms with E-state index in [4.69, 9.17) is 11.6 Å². The standard InChI is InChI=1S/C16H20BrClN2O/c1-4-13-16(17)14(20(5-2)19-13)9-15(21)11-7-6-10(3)8-12(11)18/h6-8,15,21H,4-5,9H2,1-3H3. The quantitative estimate of drug-likeness (QED) is 0.842. The van der Waals surface area contributed by atoms with Gasteiger partial charge in [0.25, 0.3) is 0 Å². The van der Waals surface area contributed by atoms with Crippen LogP contribution >= 0.6 is 27.5 Å². The maximum absolute atomic E-state index is 10.5. The van der Waals surface area contributed by atoms with Crippen molar-refractivity contribution in [3.05, 3.63) is 50.2 Å². The summed E-state index contributed by atoms with van der Waals surface area (Å²) in [6.45, 7) is 6.89. The minimum atomic E-state index is -0.638. The first-order valence-corrected chi connectivity index (χ1v) is 8.33. The van der Waals surface area contributed by atoms with Crippen LogP contribution in [0.15, 0.2) is 22.7 Å². The lowest BCUT2D eigenvalue weighted by molar-refractivity contribution is 0.175. The molecule has 0 fully saturated rings. The third kappa shape index (κ3) is 3.50. The van der Waals surface area contributed by atoms with Crippen LogP contribution < -0.4 is 0 Å². The molecule has 2 rings (SSSR count). The Hall–Kier alpha value is -0.840. The Bertz CT molecular complexity index is 639. The van der Waals surface area contributed by atoms with Crippen molar-refractivity contribution in [2.75, 3.05) is 0 Å². The molecule has 1 aromatic heterocycles. The largest absolute Gasteiger partial charge is 0.388 e. The molecule has 0 bridgehead atoms. The molecule has 0 radical (unpaired) electrons. The van der Waals surface area contributed by atoms with Gasteiger partial charge in [-0.3, -0.25) is 4.68 Å². The van der Waals surface area contributed by atoms with Gasteiger partial charge in [0.1, 0.15) is 0 Å². The van der Waals surface area contributed by atoms with Crippen molar-refractivity contribution < 1.29 is 5.11 Å². The Morgan fingerprint density at radius 3 is 2.67 bits per heavy atom. The molecule has 0 saturated heterocycles. The van der Waals surface area contributed by atoms with Gasteiger partial charge in [-0.25, -0.2) is 0 Å². The van der Waals surface area contributed by atoms with Crippen LogP contribution in [0, 0.1) is 6.92 Å². The van der Waals surface area contributed by atoms with Crippen molar-refractivity contribution in [3.63, 3.8) is 0 Å². The molecular weight excluding hydrogens is 352 g/mol. The molecule has 5 heteroatoms. The topological polar surface area (TPSA) is 38.0 Å². The van der Waals surface area contributed by atoms with E-state index in [9.17, 15) is 5.11 Å². The molecular formula is C16H20BrClN2O. The van der Waals surface area contributed by atoms with E-state index >= 15 is 0 Å². The molecule has 1 atom stereocenters. The first-order valence-electron chi connectivity index (χ1n) is 7.16. The van der Waals surface area contributed by atoms with E-state index in [0.717, 1.165) is 40.0 Å². The molecule has 0 saturated carbocycles. The van der Waals surface area contributed by atoms with Crippen LogP contribution in [0.5, 0.6) is 0 Å². The van der Waals surface area contributed by atoms with E-state index < -0.39 is 6.10 Å². The van der Waals surface area contributed by atoms with Gasteiger partial charge in [0, 0.05) is 18.0 Å². The van der Waals surface area contributed by atoms with Gasteiger partial charge in [-0.2, -0.15) is 5.10 Å². The van der Waals surface area contributed by atoms with E-state index in [1.807, 2.05) is 36.7 Å². The summed E-state index contributed by atoms with van der Waals surface area (Å²) in [7, 11) is 0. The summed E-state index contributed by atoms with van der Waals surface area (Å²) in [5.41, 5.74) is 3.88. The van der Waals surface area contributed by atoms with Crippen molar-refractivity contribution in [1.29, 1.82) is 0 Å². The van der Waals surface area contributed by atoms with Gasteiger partial charge in [0.05, 0.1) is 22.0 Å². The SMILES string of the molecule is CCc1nn(CC)c(CC(O)c2ccc(C)cc2Cl)c1Br. The molecule has 0 aliphatic carbocycles. The first-order chi connectivity index (χ1) is 9.97. The number of hydrogen-bond donors (Lipinski definition) is 1. The Morgan fingerprint density at radius 2 is 2.10 bits per heavy atom. The van der Waals surface area contributed by atoms with Crippen molar-refractivity contribution in [3.8, 4) is 0 Å². The molecule has 0 aliphatic rings. The molecule has 0 aliphatic heterocycles. The smallest absolute Gasteiger partial charge is 0.0860 e. The molecule has 2 aromatic rings. The maximum Gasteiger partial charge on any atom is 0.0860 e. The van der Waals surface area contributed by atoms with Gasteiger partial charge in [-0.15, -0.1) is 0 Å². The van der Waals surface area contributed by atoms with E-state index in [-0.39, 0.29) is 0 Å². The lowest BCUT2D eigenvalue weighted by Crippen LogP contribution is -2.09. The number of benzene rings is 1. The number of aromatic nitrogens is 2. The highest BCUT2D eigenvalue weighted by Gasteiger charge is 2.19. The highest BCUT2D eigenvalue weighted by molar-refractivity contribution is 9.10. The molecule has 1 aromatic carbocycles. The normalized spacial score (nSPS) is 12.7. The number of nitrogens with zero attached hydrogens (tertiary/aromatic N) is 2. The minimum absolute atomic E-state index is 0.490. The molecule has 3 nitrogen and oxygen atoms in total. The number of aliphatic hydroxyl groups is 1. The van der Waals surface area contributed by atoms with Crippen molar-refractivity contribution in [2.45, 2.75) is 46.3 Å². The van der Waals surface area contributed by atoms with Crippen LogP contribution in [0.25, 0.3) is 0 Å². The predicted molar refractivity (Wildman–Crippen MR) is 89.8 cm³/mol. The van der Waals surface area contributed by atoms with Crippen LogP contribution in [0.4, 0.5) is 0 Å². The zero-order valence-corrected chi connectivity index (χ0v) is 14.9. The predicted octanol–water partition coefficient (Wildman–Crippen LogP) is 4.47. The van der Waals surface area contributed by atoms with Crippen LogP contribution in [0.3, 0.4) is 0 Å². The van der Waals surface area contributed by atoms with E-state index in [0.29, 0.717) is 11.4 Å². The third-order valence-corrected chi connectivity index (χ3v) is 4.84. The third-order valence-electron chi connectivity index (χ3n) is 3.60. The van der Waals surface area contributed by atoms with Crippen molar-refractivity contribution in [2.24, 2.45) is 0 Å². The second kappa shape index (κ2) is 6.95. The van der Waals surface area contributed by atoms with Crippen LogP contribution in [-0.2, 0) is 19.4 Å². The maximum atomic E-state index is 10.5. The molecule has 1 unspecified atom stereocenters. The Labute approximate surface area is 139 Å². The Kier molecular flexibility index (Phi) is 5.47. The highest BCUT2D eigenvalue weighted by Crippen LogP contribution is 2.30. The van der Waals surface area contributed by atoms with Crippen LogP contribution in [-0.4, -0.2) is 14.9 Å².